The Hall–Kier alpha value is -0.160. The molecule has 1 atom stereocenters. The Bertz CT molecular complexity index is 191. The lowest BCUT2D eigenvalue weighted by Crippen LogP contribution is -2.48. The Labute approximate surface area is 106 Å². The summed E-state index contributed by atoms with van der Waals surface area (Å²) in [5.41, 5.74) is 5.66. The fourth-order valence-corrected chi connectivity index (χ4v) is 2.13. The smallest absolute Gasteiger partial charge is 0.0596 e. The minimum Gasteiger partial charge on any atom is -0.377 e. The van der Waals surface area contributed by atoms with E-state index in [1.807, 2.05) is 0 Å². The Kier molecular flexibility index (Phi) is 7.04. The molecule has 1 rings (SSSR count). The van der Waals surface area contributed by atoms with Crippen molar-refractivity contribution in [3.8, 4) is 0 Å². The molecular formula is C13H29N3O. The lowest BCUT2D eigenvalue weighted by atomic mass is 10.1. The third-order valence-electron chi connectivity index (χ3n) is 3.30. The summed E-state index contributed by atoms with van der Waals surface area (Å²) in [6.07, 6.45) is 0.349. The molecule has 0 saturated carbocycles. The molecule has 0 amide bonds. The lowest BCUT2D eigenvalue weighted by molar-refractivity contribution is 0.0431. The van der Waals surface area contributed by atoms with E-state index in [2.05, 4.69) is 30.6 Å². The number of nitrogens with two attached hydrogens (primary N) is 1. The van der Waals surface area contributed by atoms with Crippen LogP contribution in [0.5, 0.6) is 0 Å². The van der Waals surface area contributed by atoms with Crippen LogP contribution in [0.2, 0.25) is 0 Å². The maximum Gasteiger partial charge on any atom is 0.0596 e. The van der Waals surface area contributed by atoms with Crippen LogP contribution < -0.4 is 5.73 Å². The quantitative estimate of drug-likeness (QED) is 0.712. The molecule has 0 radical (unpaired) electrons. The molecule has 0 bridgehead atoms. The summed E-state index contributed by atoms with van der Waals surface area (Å²) in [7, 11) is 0. The minimum atomic E-state index is 0.349. The number of nitrogens with zero attached hydrogens (tertiary/aromatic N) is 2. The highest BCUT2D eigenvalue weighted by atomic mass is 16.5. The van der Waals surface area contributed by atoms with Crippen molar-refractivity contribution in [2.24, 2.45) is 11.7 Å². The number of hydrogen-bond donors (Lipinski definition) is 1. The Balaban J connectivity index is 2.09. The van der Waals surface area contributed by atoms with Gasteiger partial charge in [-0.25, -0.2) is 0 Å². The molecule has 1 saturated heterocycles. The zero-order chi connectivity index (χ0) is 12.7. The first-order valence-corrected chi connectivity index (χ1v) is 6.88. The summed E-state index contributed by atoms with van der Waals surface area (Å²) < 4.78 is 5.58. The van der Waals surface area contributed by atoms with E-state index in [0.717, 1.165) is 26.2 Å². The van der Waals surface area contributed by atoms with Crippen LogP contribution >= 0.6 is 0 Å². The average molecular weight is 243 g/mol. The van der Waals surface area contributed by atoms with Gasteiger partial charge in [0, 0.05) is 39.3 Å². The van der Waals surface area contributed by atoms with Gasteiger partial charge in [0.1, 0.15) is 0 Å². The summed E-state index contributed by atoms with van der Waals surface area (Å²) >= 11 is 0. The molecule has 4 heteroatoms. The average Bonchev–Trinajstić information content (AvgIpc) is 2.31. The summed E-state index contributed by atoms with van der Waals surface area (Å²) in [6.45, 7) is 14.9. The van der Waals surface area contributed by atoms with Crippen molar-refractivity contribution in [2.45, 2.75) is 26.9 Å². The maximum atomic E-state index is 5.66. The van der Waals surface area contributed by atoms with Crippen molar-refractivity contribution in [1.82, 2.24) is 9.80 Å². The number of rotatable bonds is 7. The molecule has 0 aromatic carbocycles. The first-order valence-electron chi connectivity index (χ1n) is 6.88. The van der Waals surface area contributed by atoms with E-state index in [4.69, 9.17) is 10.5 Å². The minimum absolute atomic E-state index is 0.349. The molecule has 4 nitrogen and oxygen atoms in total. The standard InChI is InChI=1S/C13H29N3O/c1-12(2)17-9-8-15-4-6-16(7-5-15)11-13(3)10-14/h12-13H,4-11,14H2,1-3H3. The molecule has 0 aliphatic carbocycles. The Morgan fingerprint density at radius 3 is 2.18 bits per heavy atom. The van der Waals surface area contributed by atoms with E-state index in [1.54, 1.807) is 0 Å². The van der Waals surface area contributed by atoms with Gasteiger partial charge in [0.15, 0.2) is 0 Å². The fraction of sp³-hybridized carbons (Fsp3) is 1.00. The lowest BCUT2D eigenvalue weighted by Gasteiger charge is -2.35. The third kappa shape index (κ3) is 6.36. The molecule has 102 valence electrons. The van der Waals surface area contributed by atoms with Crippen molar-refractivity contribution >= 4 is 0 Å². The van der Waals surface area contributed by atoms with Crippen LogP contribution in [0.3, 0.4) is 0 Å². The van der Waals surface area contributed by atoms with Crippen molar-refractivity contribution in [3.05, 3.63) is 0 Å². The normalized spacial score (nSPS) is 21.0. The van der Waals surface area contributed by atoms with E-state index < -0.39 is 0 Å². The number of ether oxygens (including phenoxy) is 1. The predicted octanol–water partition coefficient (Wildman–Crippen LogP) is 0.624. The van der Waals surface area contributed by atoms with Crippen molar-refractivity contribution in [1.29, 1.82) is 0 Å². The Morgan fingerprint density at radius 1 is 1.06 bits per heavy atom. The van der Waals surface area contributed by atoms with Crippen LogP contribution in [0, 0.1) is 5.92 Å². The molecule has 1 aliphatic heterocycles. The first kappa shape index (κ1) is 14.9. The van der Waals surface area contributed by atoms with Gasteiger partial charge in [-0.15, -0.1) is 0 Å². The van der Waals surface area contributed by atoms with Crippen LogP contribution in [-0.4, -0.2) is 68.3 Å². The van der Waals surface area contributed by atoms with Gasteiger partial charge in [-0.1, -0.05) is 6.92 Å². The first-order chi connectivity index (χ1) is 8.11. The third-order valence-corrected chi connectivity index (χ3v) is 3.30. The van der Waals surface area contributed by atoms with Crippen LogP contribution in [0.4, 0.5) is 0 Å². The van der Waals surface area contributed by atoms with E-state index in [-0.39, 0.29) is 0 Å². The number of piperazine rings is 1. The van der Waals surface area contributed by atoms with Gasteiger partial charge in [-0.2, -0.15) is 0 Å². The largest absolute Gasteiger partial charge is 0.377 e. The monoisotopic (exact) mass is 243 g/mol. The summed E-state index contributed by atoms with van der Waals surface area (Å²) in [5, 5.41) is 0. The van der Waals surface area contributed by atoms with E-state index in [1.165, 1.54) is 26.2 Å². The van der Waals surface area contributed by atoms with Gasteiger partial charge in [0.2, 0.25) is 0 Å². The summed E-state index contributed by atoms with van der Waals surface area (Å²) in [5.74, 6) is 0.617. The van der Waals surface area contributed by atoms with Crippen molar-refractivity contribution in [2.75, 3.05) is 52.4 Å². The summed E-state index contributed by atoms with van der Waals surface area (Å²) in [6, 6.07) is 0. The van der Waals surface area contributed by atoms with Gasteiger partial charge in [-0.05, 0) is 26.3 Å². The van der Waals surface area contributed by atoms with Gasteiger partial charge in [0.05, 0.1) is 12.7 Å². The van der Waals surface area contributed by atoms with Gasteiger partial charge in [0.25, 0.3) is 0 Å². The summed E-state index contributed by atoms with van der Waals surface area (Å²) in [4.78, 5) is 5.02. The molecular weight excluding hydrogens is 214 g/mol. The predicted molar refractivity (Wildman–Crippen MR) is 72.2 cm³/mol. The second-order valence-corrected chi connectivity index (χ2v) is 5.40. The molecule has 0 spiro atoms. The molecule has 1 fully saturated rings. The zero-order valence-electron chi connectivity index (χ0n) is 11.7. The van der Waals surface area contributed by atoms with Gasteiger partial charge >= 0.3 is 0 Å². The molecule has 0 aromatic heterocycles. The van der Waals surface area contributed by atoms with Crippen molar-refractivity contribution in [3.63, 3.8) is 0 Å². The molecule has 2 N–H and O–H groups in total. The maximum absolute atomic E-state index is 5.66. The fourth-order valence-electron chi connectivity index (χ4n) is 2.13. The van der Waals surface area contributed by atoms with Crippen molar-refractivity contribution < 1.29 is 4.74 Å². The van der Waals surface area contributed by atoms with Crippen LogP contribution in [0.25, 0.3) is 0 Å². The second-order valence-electron chi connectivity index (χ2n) is 5.40. The number of hydrogen-bond acceptors (Lipinski definition) is 4. The van der Waals surface area contributed by atoms with Gasteiger partial charge in [-0.3, -0.25) is 4.90 Å². The molecule has 17 heavy (non-hydrogen) atoms. The van der Waals surface area contributed by atoms with Gasteiger partial charge < -0.3 is 15.4 Å². The molecule has 1 aliphatic rings. The highest BCUT2D eigenvalue weighted by molar-refractivity contribution is 4.73. The molecule has 0 aromatic rings. The SMILES string of the molecule is CC(CN)CN1CCN(CCOC(C)C)CC1. The zero-order valence-corrected chi connectivity index (χ0v) is 11.7. The Morgan fingerprint density at radius 2 is 1.65 bits per heavy atom. The molecule has 1 unspecified atom stereocenters. The van der Waals surface area contributed by atoms with Crippen LogP contribution in [-0.2, 0) is 4.74 Å². The van der Waals surface area contributed by atoms with E-state index in [0.29, 0.717) is 12.0 Å². The van der Waals surface area contributed by atoms with Crippen LogP contribution in [0.15, 0.2) is 0 Å². The molecule has 1 heterocycles. The van der Waals surface area contributed by atoms with Crippen LogP contribution in [0.1, 0.15) is 20.8 Å². The van der Waals surface area contributed by atoms with E-state index in [9.17, 15) is 0 Å². The van der Waals surface area contributed by atoms with E-state index >= 15 is 0 Å². The highest BCUT2D eigenvalue weighted by Crippen LogP contribution is 2.05. The second kappa shape index (κ2) is 8.03. The highest BCUT2D eigenvalue weighted by Gasteiger charge is 2.17. The topological polar surface area (TPSA) is 41.7 Å².